The van der Waals surface area contributed by atoms with E-state index in [0.717, 1.165) is 17.5 Å². The zero-order valence-electron chi connectivity index (χ0n) is 14.9. The Balaban J connectivity index is 2.13. The second-order valence-electron chi connectivity index (χ2n) is 6.47. The summed E-state index contributed by atoms with van der Waals surface area (Å²) in [6, 6.07) is 7.14. The maximum absolute atomic E-state index is 13.3. The standard InChI is InChI=1S/C20H16F6NO/c1-3-11(2)14-10-27-17-8-7-12(9-13(14)17)28-18-15(19(21,22)23)5-4-6-16(18)20(24,25)26/h5-11,27H,3H2,1-2H3. The maximum atomic E-state index is 13.3. The molecular formula is C20H16F6NO. The largest absolute Gasteiger partial charge is 0.456 e. The van der Waals surface area contributed by atoms with Crippen molar-refractivity contribution in [2.24, 2.45) is 0 Å². The first-order valence-corrected chi connectivity index (χ1v) is 8.49. The molecule has 2 aromatic carbocycles. The van der Waals surface area contributed by atoms with E-state index in [4.69, 9.17) is 4.74 Å². The van der Waals surface area contributed by atoms with Crippen molar-refractivity contribution in [2.75, 3.05) is 0 Å². The van der Waals surface area contributed by atoms with Crippen LogP contribution in [0.1, 0.15) is 42.9 Å². The molecule has 0 aliphatic rings. The molecule has 1 heterocycles. The van der Waals surface area contributed by atoms with Crippen molar-refractivity contribution in [3.8, 4) is 11.5 Å². The second-order valence-corrected chi connectivity index (χ2v) is 6.47. The molecule has 1 N–H and O–H groups in total. The number of ether oxygens (including phenoxy) is 1. The average Bonchev–Trinajstić information content (AvgIpc) is 3.02. The Bertz CT molecular complexity index is 954. The van der Waals surface area contributed by atoms with E-state index < -0.39 is 29.2 Å². The number of H-pyrrole nitrogens is 1. The minimum Gasteiger partial charge on any atom is -0.456 e. The van der Waals surface area contributed by atoms with Crippen LogP contribution in [0.2, 0.25) is 0 Å². The van der Waals surface area contributed by atoms with Gasteiger partial charge in [-0.2, -0.15) is 26.3 Å². The van der Waals surface area contributed by atoms with Gasteiger partial charge >= 0.3 is 12.4 Å². The van der Waals surface area contributed by atoms with Crippen molar-refractivity contribution >= 4 is 10.9 Å². The quantitative estimate of drug-likeness (QED) is 0.456. The smallest absolute Gasteiger partial charge is 0.420 e. The number of fused-ring (bicyclic) bond motifs is 1. The Morgan fingerprint density at radius 3 is 2.18 bits per heavy atom. The topological polar surface area (TPSA) is 25.0 Å². The van der Waals surface area contributed by atoms with Gasteiger partial charge in [-0.25, -0.2) is 0 Å². The van der Waals surface area contributed by atoms with Gasteiger partial charge in [0.15, 0.2) is 5.75 Å². The molecule has 0 amide bonds. The van der Waals surface area contributed by atoms with Crippen molar-refractivity contribution < 1.29 is 31.1 Å². The van der Waals surface area contributed by atoms with Crippen LogP contribution in [0.25, 0.3) is 10.9 Å². The lowest BCUT2D eigenvalue weighted by atomic mass is 9.98. The lowest BCUT2D eigenvalue weighted by Crippen LogP contribution is -2.13. The highest BCUT2D eigenvalue weighted by Gasteiger charge is 2.42. The van der Waals surface area contributed by atoms with Crippen LogP contribution in [0, 0.1) is 6.07 Å². The number of aromatic amines is 1. The minimum absolute atomic E-state index is 0.112. The molecule has 2 nitrogen and oxygen atoms in total. The number of nitrogens with one attached hydrogen (secondary N) is 1. The van der Waals surface area contributed by atoms with Gasteiger partial charge in [0, 0.05) is 17.1 Å². The van der Waals surface area contributed by atoms with Gasteiger partial charge in [-0.05, 0) is 54.3 Å². The normalized spacial score (nSPS) is 13.7. The predicted molar refractivity (Wildman–Crippen MR) is 92.4 cm³/mol. The summed E-state index contributed by atoms with van der Waals surface area (Å²) in [6.45, 7) is 3.96. The molecule has 1 atom stereocenters. The average molecular weight is 400 g/mol. The third kappa shape index (κ3) is 3.81. The summed E-state index contributed by atoms with van der Waals surface area (Å²) in [5, 5.41) is 0.691. The summed E-state index contributed by atoms with van der Waals surface area (Å²) < 4.78 is 84.8. The molecular weight excluding hydrogens is 384 g/mol. The molecule has 28 heavy (non-hydrogen) atoms. The zero-order chi connectivity index (χ0) is 20.7. The highest BCUT2D eigenvalue weighted by Crippen LogP contribution is 2.46. The van der Waals surface area contributed by atoms with E-state index in [9.17, 15) is 26.3 Å². The van der Waals surface area contributed by atoms with Crippen LogP contribution in [0.3, 0.4) is 0 Å². The van der Waals surface area contributed by atoms with Gasteiger partial charge in [0.05, 0.1) is 11.1 Å². The number of alkyl halides is 6. The van der Waals surface area contributed by atoms with Gasteiger partial charge in [0.1, 0.15) is 5.75 Å². The predicted octanol–water partition coefficient (Wildman–Crippen LogP) is 7.31. The number of hydrogen-bond donors (Lipinski definition) is 1. The zero-order valence-corrected chi connectivity index (χ0v) is 14.9. The van der Waals surface area contributed by atoms with Gasteiger partial charge in [-0.15, -0.1) is 0 Å². The van der Waals surface area contributed by atoms with E-state index in [-0.39, 0.29) is 11.7 Å². The van der Waals surface area contributed by atoms with Gasteiger partial charge in [0.25, 0.3) is 0 Å². The van der Waals surface area contributed by atoms with Crippen molar-refractivity contribution in [3.63, 3.8) is 0 Å². The molecule has 0 bridgehead atoms. The van der Waals surface area contributed by atoms with E-state index in [0.29, 0.717) is 17.5 Å². The first-order chi connectivity index (χ1) is 13.0. The van der Waals surface area contributed by atoms with Crippen LogP contribution in [0.4, 0.5) is 26.3 Å². The number of rotatable bonds is 4. The maximum Gasteiger partial charge on any atom is 0.420 e. The first kappa shape index (κ1) is 20.1. The van der Waals surface area contributed by atoms with Crippen molar-refractivity contribution in [3.05, 3.63) is 59.3 Å². The molecule has 1 unspecified atom stereocenters. The summed E-state index contributed by atoms with van der Waals surface area (Å²) in [5.74, 6) is -1.23. The van der Waals surface area contributed by atoms with E-state index in [1.54, 1.807) is 12.3 Å². The van der Waals surface area contributed by atoms with Crippen molar-refractivity contribution in [2.45, 2.75) is 38.5 Å². The molecule has 3 rings (SSSR count). The molecule has 8 heteroatoms. The van der Waals surface area contributed by atoms with Gasteiger partial charge in [-0.3, -0.25) is 0 Å². The fourth-order valence-corrected chi connectivity index (χ4v) is 2.95. The summed E-state index contributed by atoms with van der Waals surface area (Å²) >= 11 is 0. The summed E-state index contributed by atoms with van der Waals surface area (Å²) in [5.41, 5.74) is -1.43. The fraction of sp³-hybridized carbons (Fsp3) is 0.300. The lowest BCUT2D eigenvalue weighted by molar-refractivity contribution is -0.145. The number of hydrogen-bond acceptors (Lipinski definition) is 1. The Morgan fingerprint density at radius 1 is 1.04 bits per heavy atom. The van der Waals surface area contributed by atoms with Crippen LogP contribution < -0.4 is 4.74 Å². The molecule has 0 spiro atoms. The van der Waals surface area contributed by atoms with Gasteiger partial charge in [-0.1, -0.05) is 13.8 Å². The molecule has 0 aliphatic carbocycles. The van der Waals surface area contributed by atoms with E-state index >= 15 is 0 Å². The Morgan fingerprint density at radius 2 is 1.64 bits per heavy atom. The van der Waals surface area contributed by atoms with Gasteiger partial charge < -0.3 is 9.72 Å². The summed E-state index contributed by atoms with van der Waals surface area (Å²) in [6.07, 6.45) is -7.44. The lowest BCUT2D eigenvalue weighted by Gasteiger charge is -2.19. The highest BCUT2D eigenvalue weighted by molar-refractivity contribution is 5.85. The Kier molecular flexibility index (Phi) is 5.08. The molecule has 0 aliphatic heterocycles. The van der Waals surface area contributed by atoms with Crippen LogP contribution in [0.5, 0.6) is 11.5 Å². The molecule has 3 aromatic rings. The third-order valence-electron chi connectivity index (χ3n) is 4.60. The summed E-state index contributed by atoms with van der Waals surface area (Å²) in [7, 11) is 0. The Hall–Kier alpha value is -2.64. The summed E-state index contributed by atoms with van der Waals surface area (Å²) in [4.78, 5) is 3.05. The van der Waals surface area contributed by atoms with Crippen molar-refractivity contribution in [1.82, 2.24) is 4.98 Å². The van der Waals surface area contributed by atoms with E-state index in [1.807, 2.05) is 19.9 Å². The molecule has 1 aromatic heterocycles. The molecule has 1 radical (unpaired) electrons. The third-order valence-corrected chi connectivity index (χ3v) is 4.60. The number of benzene rings is 2. The van der Waals surface area contributed by atoms with Crippen molar-refractivity contribution in [1.29, 1.82) is 0 Å². The number of aromatic nitrogens is 1. The molecule has 0 fully saturated rings. The fourth-order valence-electron chi connectivity index (χ4n) is 2.95. The highest BCUT2D eigenvalue weighted by atomic mass is 19.4. The van der Waals surface area contributed by atoms with Crippen LogP contribution in [-0.4, -0.2) is 4.98 Å². The number of halogens is 6. The molecule has 149 valence electrons. The Labute approximate surface area is 157 Å². The second kappa shape index (κ2) is 7.07. The van der Waals surface area contributed by atoms with E-state index in [2.05, 4.69) is 4.98 Å². The SMILES string of the molecule is CCC(C)c1c[nH]c2ccc(Oc3c(C(F)(F)F)c[c]cc3C(F)(F)F)cc12. The molecule has 0 saturated carbocycles. The molecule has 0 saturated heterocycles. The van der Waals surface area contributed by atoms with E-state index in [1.165, 1.54) is 12.1 Å². The van der Waals surface area contributed by atoms with Gasteiger partial charge in [0.2, 0.25) is 0 Å². The van der Waals surface area contributed by atoms with Crippen LogP contribution >= 0.6 is 0 Å². The van der Waals surface area contributed by atoms with Crippen LogP contribution in [0.15, 0.2) is 36.5 Å². The monoisotopic (exact) mass is 400 g/mol. The minimum atomic E-state index is -5.02. The first-order valence-electron chi connectivity index (χ1n) is 8.49. The van der Waals surface area contributed by atoms with Crippen LogP contribution in [-0.2, 0) is 12.4 Å².